The van der Waals surface area contributed by atoms with Crippen LogP contribution in [0.3, 0.4) is 0 Å². The second kappa shape index (κ2) is 3.76. The zero-order valence-electron chi connectivity index (χ0n) is 8.66. The molecule has 1 N–H and O–H groups in total. The van der Waals surface area contributed by atoms with Crippen molar-refractivity contribution in [3.8, 4) is 0 Å². The van der Waals surface area contributed by atoms with Crippen LogP contribution >= 0.6 is 11.3 Å². The number of rotatable bonds is 2. The molecule has 13 heavy (non-hydrogen) atoms. The van der Waals surface area contributed by atoms with Gasteiger partial charge in [-0.15, -0.1) is 11.3 Å². The monoisotopic (exact) mass is 199 g/mol. The van der Waals surface area contributed by atoms with Gasteiger partial charge in [0.2, 0.25) is 0 Å². The fourth-order valence-electron chi connectivity index (χ4n) is 0.968. The maximum absolute atomic E-state index is 9.82. The minimum absolute atomic E-state index is 0.0560. The van der Waals surface area contributed by atoms with Crippen LogP contribution in [0, 0.1) is 12.3 Å². The van der Waals surface area contributed by atoms with E-state index in [1.807, 2.05) is 33.1 Å². The van der Waals surface area contributed by atoms with Gasteiger partial charge < -0.3 is 5.11 Å². The summed E-state index contributed by atoms with van der Waals surface area (Å²) in [4.78, 5) is 4.32. The molecule has 0 saturated heterocycles. The molecule has 0 aliphatic carbocycles. The first-order valence-electron chi connectivity index (χ1n) is 4.48. The van der Waals surface area contributed by atoms with Crippen molar-refractivity contribution in [2.75, 3.05) is 0 Å². The van der Waals surface area contributed by atoms with Crippen LogP contribution in [0.4, 0.5) is 0 Å². The Hall–Kier alpha value is -0.410. The van der Waals surface area contributed by atoms with Gasteiger partial charge in [0.05, 0.1) is 11.1 Å². The topological polar surface area (TPSA) is 33.1 Å². The molecule has 0 amide bonds. The highest BCUT2D eigenvalue weighted by molar-refractivity contribution is 7.09. The van der Waals surface area contributed by atoms with Crippen LogP contribution in [0.5, 0.6) is 0 Å². The van der Waals surface area contributed by atoms with Crippen molar-refractivity contribution < 1.29 is 5.11 Å². The van der Waals surface area contributed by atoms with Crippen LogP contribution in [0.1, 0.15) is 31.5 Å². The normalized spacial score (nSPS) is 14.5. The zero-order chi connectivity index (χ0) is 10.1. The molecule has 3 heteroatoms. The molecule has 1 rings (SSSR count). The summed E-state index contributed by atoms with van der Waals surface area (Å²) in [5.74, 6) is 0. The number of aliphatic hydroxyl groups excluding tert-OH is 1. The average Bonchev–Trinajstić information content (AvgIpc) is 2.33. The van der Waals surface area contributed by atoms with Crippen LogP contribution in [0.25, 0.3) is 0 Å². The quantitative estimate of drug-likeness (QED) is 0.793. The lowest BCUT2D eigenvalue weighted by Crippen LogP contribution is -2.27. The van der Waals surface area contributed by atoms with Gasteiger partial charge in [-0.1, -0.05) is 20.8 Å². The first kappa shape index (κ1) is 10.7. The van der Waals surface area contributed by atoms with Crippen molar-refractivity contribution in [2.24, 2.45) is 5.41 Å². The van der Waals surface area contributed by atoms with E-state index in [9.17, 15) is 5.11 Å². The molecule has 2 nitrogen and oxygen atoms in total. The third-order valence-corrected chi connectivity index (χ3v) is 3.02. The fourth-order valence-corrected chi connectivity index (χ4v) is 1.78. The summed E-state index contributed by atoms with van der Waals surface area (Å²) in [6, 6.07) is 0. The van der Waals surface area contributed by atoms with E-state index in [2.05, 4.69) is 4.98 Å². The Morgan fingerprint density at radius 2 is 2.15 bits per heavy atom. The third-order valence-electron chi connectivity index (χ3n) is 2.03. The van der Waals surface area contributed by atoms with Gasteiger partial charge in [0.15, 0.2) is 0 Å². The molecule has 1 unspecified atom stereocenters. The largest absolute Gasteiger partial charge is 0.392 e. The van der Waals surface area contributed by atoms with Crippen molar-refractivity contribution in [3.63, 3.8) is 0 Å². The maximum Gasteiger partial charge on any atom is 0.0954 e. The van der Waals surface area contributed by atoms with Gasteiger partial charge in [0.1, 0.15) is 0 Å². The predicted molar refractivity (Wildman–Crippen MR) is 56.0 cm³/mol. The lowest BCUT2D eigenvalue weighted by molar-refractivity contribution is 0.0635. The van der Waals surface area contributed by atoms with E-state index < -0.39 is 0 Å². The van der Waals surface area contributed by atoms with E-state index in [0.29, 0.717) is 6.42 Å². The SMILES string of the molecule is Cc1csc(CC(O)C(C)(C)C)n1. The molecule has 74 valence electrons. The van der Waals surface area contributed by atoms with Crippen molar-refractivity contribution in [1.82, 2.24) is 4.98 Å². The standard InChI is InChI=1S/C10H17NOS/c1-7-6-13-9(11-7)5-8(12)10(2,3)4/h6,8,12H,5H2,1-4H3. The summed E-state index contributed by atoms with van der Waals surface area (Å²) in [5, 5.41) is 12.9. The minimum Gasteiger partial charge on any atom is -0.392 e. The lowest BCUT2D eigenvalue weighted by Gasteiger charge is -2.24. The Morgan fingerprint density at radius 3 is 2.54 bits per heavy atom. The Labute approximate surface area is 83.6 Å². The summed E-state index contributed by atoms with van der Waals surface area (Å²) < 4.78 is 0. The van der Waals surface area contributed by atoms with Gasteiger partial charge in [0, 0.05) is 17.5 Å². The number of aryl methyl sites for hydroxylation is 1. The van der Waals surface area contributed by atoms with Crippen molar-refractivity contribution in [1.29, 1.82) is 0 Å². The summed E-state index contributed by atoms with van der Waals surface area (Å²) in [6.45, 7) is 8.10. The number of nitrogens with zero attached hydrogens (tertiary/aromatic N) is 1. The summed E-state index contributed by atoms with van der Waals surface area (Å²) >= 11 is 1.62. The molecule has 1 aromatic heterocycles. The molecule has 0 radical (unpaired) electrons. The Bertz CT molecular complexity index is 275. The van der Waals surface area contributed by atoms with Gasteiger partial charge >= 0.3 is 0 Å². The number of hydrogen-bond acceptors (Lipinski definition) is 3. The molecule has 1 aromatic rings. The Morgan fingerprint density at radius 1 is 1.54 bits per heavy atom. The first-order chi connectivity index (χ1) is 5.89. The van der Waals surface area contributed by atoms with Gasteiger partial charge in [0.25, 0.3) is 0 Å². The van der Waals surface area contributed by atoms with E-state index in [-0.39, 0.29) is 11.5 Å². The van der Waals surface area contributed by atoms with Crippen molar-refractivity contribution in [2.45, 2.75) is 40.2 Å². The van der Waals surface area contributed by atoms with E-state index in [1.165, 1.54) is 0 Å². The summed E-state index contributed by atoms with van der Waals surface area (Å²) in [5.41, 5.74) is 0.987. The molecule has 1 atom stereocenters. The molecule has 0 saturated carbocycles. The molecule has 1 heterocycles. The highest BCUT2D eigenvalue weighted by Crippen LogP contribution is 2.23. The molecule has 0 fully saturated rings. The third kappa shape index (κ3) is 3.08. The van der Waals surface area contributed by atoms with Crippen molar-refractivity contribution >= 4 is 11.3 Å². The smallest absolute Gasteiger partial charge is 0.0954 e. The number of hydrogen-bond donors (Lipinski definition) is 1. The van der Waals surface area contributed by atoms with E-state index in [1.54, 1.807) is 11.3 Å². The van der Waals surface area contributed by atoms with Gasteiger partial charge in [-0.2, -0.15) is 0 Å². The molecule has 0 bridgehead atoms. The number of thiazole rings is 1. The van der Waals surface area contributed by atoms with Crippen LogP contribution < -0.4 is 0 Å². The Kier molecular flexibility index (Phi) is 3.09. The fraction of sp³-hybridized carbons (Fsp3) is 0.700. The van der Waals surface area contributed by atoms with E-state index in [4.69, 9.17) is 0 Å². The van der Waals surface area contributed by atoms with Gasteiger partial charge in [-0.05, 0) is 12.3 Å². The Balaban J connectivity index is 2.60. The molecular formula is C10H17NOS. The summed E-state index contributed by atoms with van der Waals surface area (Å²) in [7, 11) is 0. The van der Waals surface area contributed by atoms with Crippen molar-refractivity contribution in [3.05, 3.63) is 16.1 Å². The predicted octanol–water partition coefficient (Wildman–Crippen LogP) is 2.40. The number of aromatic nitrogens is 1. The van der Waals surface area contributed by atoms with Crippen LogP contribution in [0.15, 0.2) is 5.38 Å². The van der Waals surface area contributed by atoms with Crippen LogP contribution in [-0.4, -0.2) is 16.2 Å². The second-order valence-electron chi connectivity index (χ2n) is 4.47. The summed E-state index contributed by atoms with van der Waals surface area (Å²) in [6.07, 6.45) is 0.361. The minimum atomic E-state index is -0.307. The highest BCUT2D eigenvalue weighted by atomic mass is 32.1. The van der Waals surface area contributed by atoms with E-state index in [0.717, 1.165) is 10.7 Å². The molecule has 0 aliphatic heterocycles. The molecule has 0 spiro atoms. The second-order valence-corrected chi connectivity index (χ2v) is 5.41. The zero-order valence-corrected chi connectivity index (χ0v) is 9.48. The number of aliphatic hydroxyl groups is 1. The maximum atomic E-state index is 9.82. The lowest BCUT2D eigenvalue weighted by atomic mass is 9.87. The molecule has 0 aliphatic rings. The van der Waals surface area contributed by atoms with Crippen LogP contribution in [0.2, 0.25) is 0 Å². The van der Waals surface area contributed by atoms with Gasteiger partial charge in [-0.25, -0.2) is 4.98 Å². The highest BCUT2D eigenvalue weighted by Gasteiger charge is 2.23. The average molecular weight is 199 g/mol. The molecular weight excluding hydrogens is 182 g/mol. The van der Waals surface area contributed by atoms with Gasteiger partial charge in [-0.3, -0.25) is 0 Å². The molecule has 0 aromatic carbocycles. The van der Waals surface area contributed by atoms with Crippen LogP contribution in [-0.2, 0) is 6.42 Å². The first-order valence-corrected chi connectivity index (χ1v) is 5.36. The van der Waals surface area contributed by atoms with E-state index >= 15 is 0 Å².